The van der Waals surface area contributed by atoms with Gasteiger partial charge in [0.25, 0.3) is 0 Å². The molecular formula is C15H19NO2. The van der Waals surface area contributed by atoms with Crippen LogP contribution in [0.5, 0.6) is 5.75 Å². The van der Waals surface area contributed by atoms with Crippen molar-refractivity contribution in [2.45, 2.75) is 26.3 Å². The average molecular weight is 245 g/mol. The molecule has 0 radical (unpaired) electrons. The van der Waals surface area contributed by atoms with E-state index in [9.17, 15) is 4.79 Å². The van der Waals surface area contributed by atoms with Gasteiger partial charge in [0.05, 0.1) is 0 Å². The molecule has 1 aliphatic rings. The van der Waals surface area contributed by atoms with Gasteiger partial charge >= 0.3 is 5.97 Å². The van der Waals surface area contributed by atoms with Crippen LogP contribution in [0.25, 0.3) is 0 Å². The molecule has 1 aliphatic heterocycles. The van der Waals surface area contributed by atoms with Crippen molar-refractivity contribution in [1.29, 1.82) is 0 Å². The fourth-order valence-corrected chi connectivity index (χ4v) is 2.31. The first kappa shape index (κ1) is 12.8. The molecular weight excluding hydrogens is 226 g/mol. The second-order valence-electron chi connectivity index (χ2n) is 4.67. The van der Waals surface area contributed by atoms with Gasteiger partial charge in [0, 0.05) is 18.2 Å². The molecule has 1 fully saturated rings. The molecule has 1 saturated heterocycles. The Morgan fingerprint density at radius 1 is 1.44 bits per heavy atom. The Morgan fingerprint density at radius 2 is 2.17 bits per heavy atom. The zero-order valence-electron chi connectivity index (χ0n) is 10.8. The smallest absolute Gasteiger partial charge is 0.335 e. The van der Waals surface area contributed by atoms with Crippen LogP contribution in [-0.4, -0.2) is 24.0 Å². The Kier molecular flexibility index (Phi) is 4.15. The van der Waals surface area contributed by atoms with Crippen molar-refractivity contribution in [2.24, 2.45) is 0 Å². The quantitative estimate of drug-likeness (QED) is 0.464. The van der Waals surface area contributed by atoms with Crippen LogP contribution in [-0.2, 0) is 11.3 Å². The van der Waals surface area contributed by atoms with E-state index in [1.807, 2.05) is 25.1 Å². The van der Waals surface area contributed by atoms with Gasteiger partial charge in [-0.25, -0.2) is 4.79 Å². The van der Waals surface area contributed by atoms with Crippen LogP contribution in [0.4, 0.5) is 0 Å². The topological polar surface area (TPSA) is 29.5 Å². The predicted octanol–water partition coefficient (Wildman–Crippen LogP) is 2.68. The molecule has 0 bridgehead atoms. The Balaban J connectivity index is 2.19. The number of ether oxygens (including phenoxy) is 1. The van der Waals surface area contributed by atoms with E-state index in [1.165, 1.54) is 18.9 Å². The van der Waals surface area contributed by atoms with Crippen LogP contribution >= 0.6 is 0 Å². The molecule has 0 spiro atoms. The molecule has 0 N–H and O–H groups in total. The molecule has 3 nitrogen and oxygen atoms in total. The number of para-hydroxylation sites is 1. The van der Waals surface area contributed by atoms with Crippen molar-refractivity contribution < 1.29 is 9.53 Å². The van der Waals surface area contributed by atoms with Crippen molar-refractivity contribution in [1.82, 2.24) is 4.90 Å². The maximum Gasteiger partial charge on any atom is 0.335 e. The standard InChI is InChI=1S/C15H19NO2/c1-3-14(17)18-15-12(2)7-6-8-13(15)11-16-9-4-5-10-16/h3,6-8H,1,4-5,9-11H2,2H3. The summed E-state index contributed by atoms with van der Waals surface area (Å²) in [4.78, 5) is 13.8. The van der Waals surface area contributed by atoms with Gasteiger partial charge in [0.15, 0.2) is 0 Å². The highest BCUT2D eigenvalue weighted by Crippen LogP contribution is 2.26. The Labute approximate surface area is 108 Å². The van der Waals surface area contributed by atoms with Gasteiger partial charge in [-0.05, 0) is 38.4 Å². The number of nitrogens with zero attached hydrogens (tertiary/aromatic N) is 1. The first-order valence-electron chi connectivity index (χ1n) is 6.36. The minimum absolute atomic E-state index is 0.396. The second kappa shape index (κ2) is 5.83. The van der Waals surface area contributed by atoms with Crippen LogP contribution in [0.3, 0.4) is 0 Å². The maximum absolute atomic E-state index is 11.4. The molecule has 1 aromatic carbocycles. The second-order valence-corrected chi connectivity index (χ2v) is 4.67. The molecule has 0 atom stereocenters. The number of aryl methyl sites for hydroxylation is 1. The third-order valence-corrected chi connectivity index (χ3v) is 3.26. The first-order chi connectivity index (χ1) is 8.70. The molecule has 3 heteroatoms. The van der Waals surface area contributed by atoms with Gasteiger partial charge in [0.1, 0.15) is 5.75 Å². The number of rotatable bonds is 4. The number of benzene rings is 1. The third-order valence-electron chi connectivity index (χ3n) is 3.26. The van der Waals surface area contributed by atoms with Crippen LogP contribution in [0.2, 0.25) is 0 Å². The minimum Gasteiger partial charge on any atom is -0.423 e. The number of carbonyl (C=O) groups is 1. The molecule has 0 aliphatic carbocycles. The Morgan fingerprint density at radius 3 is 2.83 bits per heavy atom. The fraction of sp³-hybridized carbons (Fsp3) is 0.400. The number of hydrogen-bond acceptors (Lipinski definition) is 3. The van der Waals surface area contributed by atoms with Gasteiger partial charge in [-0.2, -0.15) is 0 Å². The van der Waals surface area contributed by atoms with Crippen molar-refractivity contribution in [2.75, 3.05) is 13.1 Å². The summed E-state index contributed by atoms with van der Waals surface area (Å²) in [5.41, 5.74) is 2.06. The fourth-order valence-electron chi connectivity index (χ4n) is 2.31. The highest BCUT2D eigenvalue weighted by Gasteiger charge is 2.16. The molecule has 0 aromatic heterocycles. The van der Waals surface area contributed by atoms with E-state index in [0.29, 0.717) is 5.75 Å². The lowest BCUT2D eigenvalue weighted by Gasteiger charge is -2.18. The molecule has 1 heterocycles. The van der Waals surface area contributed by atoms with Crippen molar-refractivity contribution >= 4 is 5.97 Å². The number of hydrogen-bond donors (Lipinski definition) is 0. The van der Waals surface area contributed by atoms with E-state index >= 15 is 0 Å². The molecule has 96 valence electrons. The van der Waals surface area contributed by atoms with Gasteiger partial charge in [-0.3, -0.25) is 4.90 Å². The van der Waals surface area contributed by atoms with Crippen LogP contribution in [0, 0.1) is 6.92 Å². The largest absolute Gasteiger partial charge is 0.423 e. The molecule has 0 saturated carbocycles. The molecule has 0 unspecified atom stereocenters. The van der Waals surface area contributed by atoms with E-state index in [2.05, 4.69) is 11.5 Å². The highest BCUT2D eigenvalue weighted by atomic mass is 16.5. The highest BCUT2D eigenvalue weighted by molar-refractivity contribution is 5.83. The van der Waals surface area contributed by atoms with Crippen molar-refractivity contribution in [3.8, 4) is 5.75 Å². The predicted molar refractivity (Wildman–Crippen MR) is 71.5 cm³/mol. The van der Waals surface area contributed by atoms with E-state index in [1.54, 1.807) is 0 Å². The summed E-state index contributed by atoms with van der Waals surface area (Å²) in [5.74, 6) is 0.293. The number of carbonyl (C=O) groups excluding carboxylic acids is 1. The summed E-state index contributed by atoms with van der Waals surface area (Å²) in [7, 11) is 0. The summed E-state index contributed by atoms with van der Waals surface area (Å²) in [6.07, 6.45) is 3.72. The van der Waals surface area contributed by atoms with Crippen LogP contribution in [0.15, 0.2) is 30.9 Å². The van der Waals surface area contributed by atoms with E-state index < -0.39 is 5.97 Å². The zero-order valence-corrected chi connectivity index (χ0v) is 10.8. The number of esters is 1. The maximum atomic E-state index is 11.4. The lowest BCUT2D eigenvalue weighted by Crippen LogP contribution is -2.19. The van der Waals surface area contributed by atoms with E-state index in [-0.39, 0.29) is 0 Å². The molecule has 0 amide bonds. The summed E-state index contributed by atoms with van der Waals surface area (Å²) >= 11 is 0. The van der Waals surface area contributed by atoms with Crippen molar-refractivity contribution in [3.63, 3.8) is 0 Å². The molecule has 18 heavy (non-hydrogen) atoms. The summed E-state index contributed by atoms with van der Waals surface area (Å²) in [6.45, 7) is 8.50. The van der Waals surface area contributed by atoms with Crippen molar-refractivity contribution in [3.05, 3.63) is 42.0 Å². The summed E-state index contributed by atoms with van der Waals surface area (Å²) in [5, 5.41) is 0. The zero-order chi connectivity index (χ0) is 13.0. The van der Waals surface area contributed by atoms with Gasteiger partial charge < -0.3 is 4.74 Å². The monoisotopic (exact) mass is 245 g/mol. The van der Waals surface area contributed by atoms with E-state index in [4.69, 9.17) is 4.74 Å². The van der Waals surface area contributed by atoms with Crippen LogP contribution in [0.1, 0.15) is 24.0 Å². The Hall–Kier alpha value is -1.61. The summed E-state index contributed by atoms with van der Waals surface area (Å²) in [6, 6.07) is 5.99. The summed E-state index contributed by atoms with van der Waals surface area (Å²) < 4.78 is 5.35. The van der Waals surface area contributed by atoms with Gasteiger partial charge in [0.2, 0.25) is 0 Å². The number of likely N-dealkylation sites (tertiary alicyclic amines) is 1. The lowest BCUT2D eigenvalue weighted by atomic mass is 10.1. The molecule has 1 aromatic rings. The van der Waals surface area contributed by atoms with E-state index in [0.717, 1.165) is 30.8 Å². The minimum atomic E-state index is -0.396. The Bertz CT molecular complexity index is 448. The normalized spacial score (nSPS) is 15.6. The van der Waals surface area contributed by atoms with Gasteiger partial charge in [-0.1, -0.05) is 24.8 Å². The van der Waals surface area contributed by atoms with Gasteiger partial charge in [-0.15, -0.1) is 0 Å². The molecule has 2 rings (SSSR count). The third kappa shape index (κ3) is 2.99. The van der Waals surface area contributed by atoms with Crippen LogP contribution < -0.4 is 4.74 Å². The lowest BCUT2D eigenvalue weighted by molar-refractivity contribution is -0.129. The first-order valence-corrected chi connectivity index (χ1v) is 6.36. The SMILES string of the molecule is C=CC(=O)Oc1c(C)cccc1CN1CCCC1. The average Bonchev–Trinajstić information content (AvgIpc) is 2.86.